The number of pyridine rings is 1. The molecule has 2 aromatic rings. The third-order valence-electron chi connectivity index (χ3n) is 3.76. The van der Waals surface area contributed by atoms with Crippen LogP contribution in [0.25, 0.3) is 0 Å². The van der Waals surface area contributed by atoms with E-state index in [0.29, 0.717) is 18.8 Å². The average molecular weight is 289 g/mol. The van der Waals surface area contributed by atoms with Crippen molar-refractivity contribution in [1.29, 1.82) is 0 Å². The lowest BCUT2D eigenvalue weighted by Gasteiger charge is -2.12. The summed E-state index contributed by atoms with van der Waals surface area (Å²) in [5.74, 6) is 0.697. The molecule has 1 unspecified atom stereocenters. The van der Waals surface area contributed by atoms with E-state index in [0.717, 1.165) is 23.4 Å². The molecule has 0 fully saturated rings. The number of aliphatic hydroxyl groups is 1. The van der Waals surface area contributed by atoms with Gasteiger partial charge in [-0.3, -0.25) is 9.67 Å². The van der Waals surface area contributed by atoms with Gasteiger partial charge < -0.3 is 9.84 Å². The Morgan fingerprint density at radius 3 is 2.71 bits per heavy atom. The van der Waals surface area contributed by atoms with Gasteiger partial charge in [0.15, 0.2) is 0 Å². The van der Waals surface area contributed by atoms with Gasteiger partial charge in [-0.2, -0.15) is 5.10 Å². The second-order valence-corrected chi connectivity index (χ2v) is 5.21. The molecule has 2 aromatic heterocycles. The summed E-state index contributed by atoms with van der Waals surface area (Å²) in [5.41, 5.74) is 4.19. The quantitative estimate of drug-likeness (QED) is 0.887. The maximum absolute atomic E-state index is 10.3. The van der Waals surface area contributed by atoms with Crippen LogP contribution >= 0.6 is 0 Å². The predicted molar refractivity (Wildman–Crippen MR) is 81.4 cm³/mol. The van der Waals surface area contributed by atoms with Crippen molar-refractivity contribution in [1.82, 2.24) is 14.8 Å². The number of aromatic nitrogens is 3. The zero-order valence-corrected chi connectivity index (χ0v) is 13.1. The van der Waals surface area contributed by atoms with Crippen LogP contribution in [0.15, 0.2) is 18.5 Å². The van der Waals surface area contributed by atoms with Gasteiger partial charge in [0.2, 0.25) is 0 Å². The molecule has 1 atom stereocenters. The van der Waals surface area contributed by atoms with Gasteiger partial charge in [0.25, 0.3) is 0 Å². The predicted octanol–water partition coefficient (Wildman–Crippen LogP) is 2.50. The van der Waals surface area contributed by atoms with Crippen LogP contribution in [0.3, 0.4) is 0 Å². The van der Waals surface area contributed by atoms with Crippen LogP contribution in [0.5, 0.6) is 5.75 Å². The van der Waals surface area contributed by atoms with E-state index in [9.17, 15) is 5.11 Å². The summed E-state index contributed by atoms with van der Waals surface area (Å²) in [4.78, 5) is 4.12. The Morgan fingerprint density at radius 2 is 2.10 bits per heavy atom. The SMILES string of the molecule is CCOc1cncc(C(O)CCc2c(C)nn(C)c2C)c1. The Bertz CT molecular complexity index is 608. The summed E-state index contributed by atoms with van der Waals surface area (Å²) in [6, 6.07) is 1.85. The maximum Gasteiger partial charge on any atom is 0.137 e. The largest absolute Gasteiger partial charge is 0.492 e. The highest BCUT2D eigenvalue weighted by Crippen LogP contribution is 2.23. The van der Waals surface area contributed by atoms with E-state index in [1.165, 1.54) is 5.56 Å². The molecule has 0 aromatic carbocycles. The molecule has 0 saturated heterocycles. The summed E-state index contributed by atoms with van der Waals surface area (Å²) in [5, 5.41) is 14.7. The second-order valence-electron chi connectivity index (χ2n) is 5.21. The smallest absolute Gasteiger partial charge is 0.137 e. The van der Waals surface area contributed by atoms with E-state index in [4.69, 9.17) is 4.74 Å². The Kier molecular flexibility index (Phi) is 4.96. The van der Waals surface area contributed by atoms with Gasteiger partial charge in [-0.05, 0) is 45.2 Å². The zero-order valence-electron chi connectivity index (χ0n) is 13.1. The van der Waals surface area contributed by atoms with Crippen molar-refractivity contribution in [3.63, 3.8) is 0 Å². The molecular weight excluding hydrogens is 266 g/mol. The number of aryl methyl sites for hydroxylation is 2. The van der Waals surface area contributed by atoms with Crippen LogP contribution in [0.2, 0.25) is 0 Å². The lowest BCUT2D eigenvalue weighted by atomic mass is 10.0. The minimum atomic E-state index is -0.545. The molecule has 0 aliphatic heterocycles. The first-order chi connectivity index (χ1) is 10.0. The van der Waals surface area contributed by atoms with Crippen molar-refractivity contribution in [2.45, 2.75) is 39.7 Å². The molecule has 0 radical (unpaired) electrons. The van der Waals surface area contributed by atoms with Crippen molar-refractivity contribution in [3.8, 4) is 5.75 Å². The number of ether oxygens (including phenoxy) is 1. The van der Waals surface area contributed by atoms with Gasteiger partial charge in [-0.1, -0.05) is 0 Å². The lowest BCUT2D eigenvalue weighted by Crippen LogP contribution is -2.03. The fraction of sp³-hybridized carbons (Fsp3) is 0.500. The highest BCUT2D eigenvalue weighted by molar-refractivity contribution is 5.27. The van der Waals surface area contributed by atoms with Crippen LogP contribution in [0, 0.1) is 13.8 Å². The minimum absolute atomic E-state index is 0.545. The fourth-order valence-corrected chi connectivity index (χ4v) is 2.49. The van der Waals surface area contributed by atoms with E-state index >= 15 is 0 Å². The van der Waals surface area contributed by atoms with Crippen molar-refractivity contribution in [3.05, 3.63) is 41.0 Å². The Labute approximate surface area is 125 Å². The molecule has 0 saturated carbocycles. The molecule has 0 aliphatic carbocycles. The molecule has 21 heavy (non-hydrogen) atoms. The van der Waals surface area contributed by atoms with E-state index in [2.05, 4.69) is 17.0 Å². The van der Waals surface area contributed by atoms with E-state index < -0.39 is 6.10 Å². The van der Waals surface area contributed by atoms with Crippen LogP contribution in [-0.4, -0.2) is 26.5 Å². The molecule has 2 heterocycles. The monoisotopic (exact) mass is 289 g/mol. The zero-order chi connectivity index (χ0) is 15.4. The topological polar surface area (TPSA) is 60.2 Å². The van der Waals surface area contributed by atoms with Crippen molar-refractivity contribution in [2.75, 3.05) is 6.61 Å². The Balaban J connectivity index is 2.04. The van der Waals surface area contributed by atoms with Crippen LogP contribution < -0.4 is 4.74 Å². The number of hydrogen-bond donors (Lipinski definition) is 1. The van der Waals surface area contributed by atoms with Gasteiger partial charge in [-0.25, -0.2) is 0 Å². The molecule has 0 bridgehead atoms. The van der Waals surface area contributed by atoms with Crippen LogP contribution in [-0.2, 0) is 13.5 Å². The summed E-state index contributed by atoms with van der Waals surface area (Å²) in [6.07, 6.45) is 4.25. The van der Waals surface area contributed by atoms with Gasteiger partial charge in [0.1, 0.15) is 5.75 Å². The molecule has 5 heteroatoms. The summed E-state index contributed by atoms with van der Waals surface area (Å²) < 4.78 is 7.30. The summed E-state index contributed by atoms with van der Waals surface area (Å²) in [6.45, 7) is 6.58. The average Bonchev–Trinajstić information content (AvgIpc) is 2.70. The number of aliphatic hydroxyl groups excluding tert-OH is 1. The van der Waals surface area contributed by atoms with E-state index in [1.807, 2.05) is 31.6 Å². The van der Waals surface area contributed by atoms with Gasteiger partial charge in [0, 0.05) is 24.5 Å². The van der Waals surface area contributed by atoms with Crippen molar-refractivity contribution < 1.29 is 9.84 Å². The van der Waals surface area contributed by atoms with Crippen LogP contribution in [0.4, 0.5) is 0 Å². The van der Waals surface area contributed by atoms with Gasteiger partial charge in [0.05, 0.1) is 24.6 Å². The fourth-order valence-electron chi connectivity index (χ4n) is 2.49. The highest BCUT2D eigenvalue weighted by Gasteiger charge is 2.14. The first kappa shape index (κ1) is 15.5. The molecule has 0 spiro atoms. The van der Waals surface area contributed by atoms with Crippen molar-refractivity contribution >= 4 is 0 Å². The number of nitrogens with zero attached hydrogens (tertiary/aromatic N) is 3. The van der Waals surface area contributed by atoms with Gasteiger partial charge >= 0.3 is 0 Å². The third kappa shape index (κ3) is 3.61. The molecule has 5 nitrogen and oxygen atoms in total. The van der Waals surface area contributed by atoms with Crippen molar-refractivity contribution in [2.24, 2.45) is 7.05 Å². The maximum atomic E-state index is 10.3. The van der Waals surface area contributed by atoms with E-state index in [1.54, 1.807) is 12.4 Å². The van der Waals surface area contributed by atoms with E-state index in [-0.39, 0.29) is 0 Å². The standard InChI is InChI=1S/C16H23N3O2/c1-5-21-14-8-13(9-17-10-14)16(20)7-6-15-11(2)18-19(4)12(15)3/h8-10,16,20H,5-7H2,1-4H3. The lowest BCUT2D eigenvalue weighted by molar-refractivity contribution is 0.166. The number of rotatable bonds is 6. The summed E-state index contributed by atoms with van der Waals surface area (Å²) in [7, 11) is 1.94. The molecule has 2 rings (SSSR count). The normalized spacial score (nSPS) is 12.4. The highest BCUT2D eigenvalue weighted by atomic mass is 16.5. The molecule has 114 valence electrons. The summed E-state index contributed by atoms with van der Waals surface area (Å²) >= 11 is 0. The molecule has 0 amide bonds. The number of hydrogen-bond acceptors (Lipinski definition) is 4. The second kappa shape index (κ2) is 6.72. The minimum Gasteiger partial charge on any atom is -0.492 e. The Hall–Kier alpha value is -1.88. The molecular formula is C16H23N3O2. The van der Waals surface area contributed by atoms with Crippen LogP contribution in [0.1, 0.15) is 42.0 Å². The first-order valence-electron chi connectivity index (χ1n) is 7.27. The molecule has 0 aliphatic rings. The third-order valence-corrected chi connectivity index (χ3v) is 3.76. The Morgan fingerprint density at radius 1 is 1.33 bits per heavy atom. The first-order valence-corrected chi connectivity index (χ1v) is 7.27. The molecule has 1 N–H and O–H groups in total. The van der Waals surface area contributed by atoms with Gasteiger partial charge in [-0.15, -0.1) is 0 Å².